The molecule has 4 heterocycles. The van der Waals surface area contributed by atoms with E-state index in [0.29, 0.717) is 51.0 Å². The van der Waals surface area contributed by atoms with Gasteiger partial charge in [0.15, 0.2) is 0 Å². The molecule has 10 nitrogen and oxygen atoms in total. The lowest BCUT2D eigenvalue weighted by molar-refractivity contribution is -0.102. The summed E-state index contributed by atoms with van der Waals surface area (Å²) in [6.07, 6.45) is 5.56. The van der Waals surface area contributed by atoms with Crippen molar-refractivity contribution in [2.45, 2.75) is 101 Å². The van der Waals surface area contributed by atoms with Gasteiger partial charge in [-0.2, -0.15) is 0 Å². The molecule has 0 aliphatic carbocycles. The highest BCUT2D eigenvalue weighted by Crippen LogP contribution is 2.27. The minimum Gasteiger partial charge on any atom is -0.444 e. The van der Waals surface area contributed by atoms with Crippen molar-refractivity contribution in [1.29, 1.82) is 0 Å². The molecule has 51 heavy (non-hydrogen) atoms. The Morgan fingerprint density at radius 2 is 1.20 bits per heavy atom. The monoisotopic (exact) mass is 748 g/mol. The molecular formula is C39H58Cl2N4O6. The van der Waals surface area contributed by atoms with Crippen LogP contribution in [0.25, 0.3) is 0 Å². The van der Waals surface area contributed by atoms with Crippen molar-refractivity contribution < 1.29 is 29.2 Å². The van der Waals surface area contributed by atoms with Crippen LogP contribution in [0.2, 0.25) is 10.0 Å². The maximum absolute atomic E-state index is 12.4. The highest BCUT2D eigenvalue weighted by Gasteiger charge is 2.37. The van der Waals surface area contributed by atoms with Crippen LogP contribution in [-0.4, -0.2) is 139 Å². The van der Waals surface area contributed by atoms with Crippen LogP contribution < -0.4 is 5.32 Å². The fraction of sp³-hybridized carbons (Fsp3) is 0.667. The zero-order chi connectivity index (χ0) is 36.4. The van der Waals surface area contributed by atoms with Crippen molar-refractivity contribution in [3.8, 4) is 0 Å². The first-order valence-electron chi connectivity index (χ1n) is 18.6. The first-order chi connectivity index (χ1) is 24.5. The molecule has 4 fully saturated rings. The average Bonchev–Trinajstić information content (AvgIpc) is 3.14. The maximum atomic E-state index is 12.4. The van der Waals surface area contributed by atoms with E-state index in [0.717, 1.165) is 55.4 Å². The zero-order valence-corrected chi connectivity index (χ0v) is 32.0. The van der Waals surface area contributed by atoms with E-state index in [9.17, 15) is 15.0 Å². The molecule has 12 heteroatoms. The Morgan fingerprint density at radius 1 is 0.765 bits per heavy atom. The summed E-state index contributed by atoms with van der Waals surface area (Å²) < 4.78 is 17.2. The van der Waals surface area contributed by atoms with Crippen LogP contribution in [0.3, 0.4) is 0 Å². The van der Waals surface area contributed by atoms with Crippen molar-refractivity contribution >= 4 is 29.3 Å². The smallest absolute Gasteiger partial charge is 0.410 e. The molecule has 4 atom stereocenters. The summed E-state index contributed by atoms with van der Waals surface area (Å²) in [4.78, 5) is 19.2. The number of nitrogens with one attached hydrogen (secondary N) is 1. The molecule has 4 aliphatic rings. The summed E-state index contributed by atoms with van der Waals surface area (Å²) in [5, 5.41) is 24.0. The van der Waals surface area contributed by atoms with E-state index in [4.69, 9.17) is 37.4 Å². The number of halogens is 2. The molecule has 4 aliphatic heterocycles. The van der Waals surface area contributed by atoms with Gasteiger partial charge in [0.05, 0.1) is 38.6 Å². The van der Waals surface area contributed by atoms with Crippen molar-refractivity contribution in [2.75, 3.05) is 65.7 Å². The van der Waals surface area contributed by atoms with Gasteiger partial charge >= 0.3 is 6.09 Å². The molecule has 284 valence electrons. The number of ether oxygens (including phenoxy) is 3. The third-order valence-corrected chi connectivity index (χ3v) is 10.9. The molecule has 0 bridgehead atoms. The summed E-state index contributed by atoms with van der Waals surface area (Å²) in [6.45, 7) is 12.2. The molecule has 0 spiro atoms. The topological polar surface area (TPSA) is 107 Å². The van der Waals surface area contributed by atoms with Gasteiger partial charge in [-0.25, -0.2) is 4.79 Å². The molecule has 6 rings (SSSR count). The first-order valence-corrected chi connectivity index (χ1v) is 19.4. The normalized spacial score (nSPS) is 26.0. The van der Waals surface area contributed by atoms with Gasteiger partial charge in [0.25, 0.3) is 0 Å². The quantitative estimate of drug-likeness (QED) is 0.343. The van der Waals surface area contributed by atoms with Crippen LogP contribution in [0.5, 0.6) is 0 Å². The van der Waals surface area contributed by atoms with Gasteiger partial charge < -0.3 is 34.6 Å². The number of benzene rings is 2. The molecule has 4 saturated heterocycles. The predicted molar refractivity (Wildman–Crippen MR) is 202 cm³/mol. The molecule has 3 N–H and O–H groups in total. The van der Waals surface area contributed by atoms with Gasteiger partial charge in [-0.1, -0.05) is 47.5 Å². The molecule has 0 radical (unpaired) electrons. The summed E-state index contributed by atoms with van der Waals surface area (Å²) in [5.41, 5.74) is 2.04. The number of amides is 1. The summed E-state index contributed by atoms with van der Waals surface area (Å²) in [7, 11) is 0. The van der Waals surface area contributed by atoms with Gasteiger partial charge in [-0.3, -0.25) is 9.80 Å². The highest BCUT2D eigenvalue weighted by molar-refractivity contribution is 6.30. The summed E-state index contributed by atoms with van der Waals surface area (Å²) >= 11 is 12.0. The number of piperidine rings is 2. The Morgan fingerprint density at radius 3 is 1.61 bits per heavy atom. The number of likely N-dealkylation sites (tertiary alicyclic amines) is 1. The van der Waals surface area contributed by atoms with Gasteiger partial charge in [-0.15, -0.1) is 0 Å². The number of hydrogen-bond acceptors (Lipinski definition) is 9. The highest BCUT2D eigenvalue weighted by atomic mass is 35.5. The number of carbonyl (C=O) groups is 1. The lowest BCUT2D eigenvalue weighted by Crippen LogP contribution is -2.58. The number of aliphatic hydroxyl groups is 2. The van der Waals surface area contributed by atoms with Crippen LogP contribution >= 0.6 is 23.2 Å². The van der Waals surface area contributed by atoms with Gasteiger partial charge in [0.2, 0.25) is 0 Å². The number of carbonyl (C=O) groups excluding carboxylic acids is 1. The Balaban J connectivity index is 0.000000205. The van der Waals surface area contributed by atoms with E-state index < -0.39 is 5.60 Å². The predicted octanol–water partition coefficient (Wildman–Crippen LogP) is 5.04. The first kappa shape index (κ1) is 40.2. The van der Waals surface area contributed by atoms with E-state index in [-0.39, 0.29) is 37.6 Å². The Bertz CT molecular complexity index is 1330. The van der Waals surface area contributed by atoms with Crippen molar-refractivity contribution in [2.24, 2.45) is 0 Å². The SMILES string of the molecule is CC(C)(C)OC(=O)N1CCC(N2C[C@H](CO)OC[C@@H]2Cc2ccc(Cl)cc2)CC1.OC[C@H]1CN(C2CCNCC2)[C@@H](Cc2ccc(Cl)cc2)CO1. The molecule has 1 amide bonds. The van der Waals surface area contributed by atoms with Crippen LogP contribution in [-0.2, 0) is 27.1 Å². The molecule has 0 aromatic heterocycles. The Hall–Kier alpha value is -1.99. The molecular weight excluding hydrogens is 691 g/mol. The molecule has 0 saturated carbocycles. The zero-order valence-electron chi connectivity index (χ0n) is 30.5. The largest absolute Gasteiger partial charge is 0.444 e. The lowest BCUT2D eigenvalue weighted by atomic mass is 9.96. The fourth-order valence-electron chi connectivity index (χ4n) is 7.66. The lowest BCUT2D eigenvalue weighted by Gasteiger charge is -2.46. The van der Waals surface area contributed by atoms with Crippen LogP contribution in [0.1, 0.15) is 57.6 Å². The van der Waals surface area contributed by atoms with Gasteiger partial charge in [0, 0.05) is 60.4 Å². The minimum absolute atomic E-state index is 0.0287. The Labute approximate surface area is 314 Å². The van der Waals surface area contributed by atoms with E-state index in [1.165, 1.54) is 24.0 Å². The summed E-state index contributed by atoms with van der Waals surface area (Å²) in [6, 6.07) is 17.6. The van der Waals surface area contributed by atoms with E-state index in [1.807, 2.05) is 45.0 Å². The summed E-state index contributed by atoms with van der Waals surface area (Å²) in [5.74, 6) is 0. The second-order valence-corrected chi connectivity index (χ2v) is 16.2. The van der Waals surface area contributed by atoms with Gasteiger partial charge in [0.1, 0.15) is 5.60 Å². The van der Waals surface area contributed by atoms with Crippen LogP contribution in [0.4, 0.5) is 4.79 Å². The van der Waals surface area contributed by atoms with E-state index in [1.54, 1.807) is 4.90 Å². The molecule has 0 unspecified atom stereocenters. The third kappa shape index (κ3) is 12.3. The van der Waals surface area contributed by atoms with Crippen molar-refractivity contribution in [1.82, 2.24) is 20.0 Å². The standard InChI is InChI=1S/C22H33ClN2O4.C17H25ClN2O2/c1-22(2,3)29-21(27)24-10-8-18(9-11-24)25-13-20(14-26)28-15-19(25)12-16-4-6-17(23)7-5-16;18-14-3-1-13(2-4-14)9-16-12-22-17(11-21)10-20(16)15-5-7-19-8-6-15/h4-7,18-20,26H,8-15H2,1-3H3;1-4,15-17,19,21H,5-12H2/t19-,20+;16-,17+/m00/s1. The Kier molecular flexibility index (Phi) is 15.3. The van der Waals surface area contributed by atoms with Crippen LogP contribution in [0.15, 0.2) is 48.5 Å². The second kappa shape index (κ2) is 19.4. The van der Waals surface area contributed by atoms with Crippen molar-refractivity contribution in [3.05, 3.63) is 69.7 Å². The third-order valence-electron chi connectivity index (χ3n) is 10.4. The van der Waals surface area contributed by atoms with E-state index >= 15 is 0 Å². The minimum atomic E-state index is -0.476. The molecule has 2 aromatic rings. The molecule has 2 aromatic carbocycles. The van der Waals surface area contributed by atoms with Crippen LogP contribution in [0, 0.1) is 0 Å². The maximum Gasteiger partial charge on any atom is 0.410 e. The van der Waals surface area contributed by atoms with Crippen molar-refractivity contribution in [3.63, 3.8) is 0 Å². The van der Waals surface area contributed by atoms with E-state index in [2.05, 4.69) is 39.4 Å². The second-order valence-electron chi connectivity index (χ2n) is 15.3. The number of hydrogen-bond donors (Lipinski definition) is 3. The number of nitrogens with zero attached hydrogens (tertiary/aromatic N) is 3. The number of morpholine rings is 2. The number of rotatable bonds is 8. The fourth-order valence-corrected chi connectivity index (χ4v) is 7.91. The number of aliphatic hydroxyl groups excluding tert-OH is 2. The van der Waals surface area contributed by atoms with Gasteiger partial charge in [-0.05, 0) is 108 Å². The average molecular weight is 750 g/mol.